The number of hydrogen-bond donors (Lipinski definition) is 2. The topological polar surface area (TPSA) is 81.8 Å². The van der Waals surface area contributed by atoms with Crippen molar-refractivity contribution in [3.63, 3.8) is 0 Å². The summed E-state index contributed by atoms with van der Waals surface area (Å²) < 4.78 is 10.7. The fourth-order valence-corrected chi connectivity index (χ4v) is 2.85. The second-order valence-electron chi connectivity index (χ2n) is 5.67. The van der Waals surface area contributed by atoms with Crippen LogP contribution in [0.25, 0.3) is 0 Å². The number of aryl methyl sites for hydroxylation is 1. The van der Waals surface area contributed by atoms with E-state index in [9.17, 15) is 9.90 Å². The van der Waals surface area contributed by atoms with E-state index in [4.69, 9.17) is 15.2 Å². The van der Waals surface area contributed by atoms with Crippen LogP contribution in [0.3, 0.4) is 0 Å². The molecule has 0 unspecified atom stereocenters. The highest BCUT2D eigenvalue weighted by molar-refractivity contribution is 5.92. The summed E-state index contributed by atoms with van der Waals surface area (Å²) in [6.07, 6.45) is 0. The molecule has 5 heteroatoms. The molecule has 0 radical (unpaired) electrons. The molecule has 0 saturated heterocycles. The lowest BCUT2D eigenvalue weighted by molar-refractivity contribution is -0.139. The number of hydrogen-bond acceptors (Lipinski definition) is 5. The molecule has 2 aromatic carbocycles. The smallest absolute Gasteiger partial charge is 0.340 e. The lowest BCUT2D eigenvalue weighted by Crippen LogP contribution is -2.27. The van der Waals surface area contributed by atoms with Crippen molar-refractivity contribution in [3.8, 4) is 11.5 Å². The summed E-state index contributed by atoms with van der Waals surface area (Å²) in [6.45, 7) is 3.99. The molecule has 124 valence electrons. The van der Waals surface area contributed by atoms with E-state index in [1.54, 1.807) is 19.1 Å². The van der Waals surface area contributed by atoms with E-state index >= 15 is 0 Å². The van der Waals surface area contributed by atoms with Gasteiger partial charge in [0.05, 0.1) is 12.5 Å². The summed E-state index contributed by atoms with van der Waals surface area (Å²) in [6, 6.07) is 12.6. The Morgan fingerprint density at radius 2 is 1.96 bits per heavy atom. The van der Waals surface area contributed by atoms with Crippen LogP contribution in [0, 0.1) is 6.92 Å². The van der Waals surface area contributed by atoms with Gasteiger partial charge in [-0.15, -0.1) is 0 Å². The van der Waals surface area contributed by atoms with Gasteiger partial charge in [0.2, 0.25) is 5.88 Å². The Balaban J connectivity index is 2.18. The van der Waals surface area contributed by atoms with E-state index in [0.29, 0.717) is 5.75 Å². The van der Waals surface area contributed by atoms with Crippen molar-refractivity contribution in [1.29, 1.82) is 0 Å². The van der Waals surface area contributed by atoms with E-state index in [-0.39, 0.29) is 23.8 Å². The van der Waals surface area contributed by atoms with Crippen LogP contribution in [0.1, 0.15) is 29.5 Å². The monoisotopic (exact) mass is 325 g/mol. The Morgan fingerprint density at radius 3 is 2.62 bits per heavy atom. The number of ether oxygens (including phenoxy) is 2. The van der Waals surface area contributed by atoms with Gasteiger partial charge in [-0.05, 0) is 25.5 Å². The molecule has 0 aliphatic carbocycles. The van der Waals surface area contributed by atoms with Crippen molar-refractivity contribution < 1.29 is 19.4 Å². The SMILES string of the molecule is CCOC(=O)C1=C(N)Oc2cc(O)ccc2[C@H]1c1ccc(C)cc1. The molecule has 3 rings (SSSR count). The zero-order valence-corrected chi connectivity index (χ0v) is 13.6. The molecule has 1 atom stereocenters. The molecule has 1 heterocycles. The van der Waals surface area contributed by atoms with E-state index in [0.717, 1.165) is 16.7 Å². The van der Waals surface area contributed by atoms with Crippen LogP contribution in [0.4, 0.5) is 0 Å². The highest BCUT2D eigenvalue weighted by Gasteiger charge is 2.35. The van der Waals surface area contributed by atoms with Crippen LogP contribution in [-0.4, -0.2) is 17.7 Å². The molecule has 1 aliphatic heterocycles. The molecule has 0 bridgehead atoms. The first-order chi connectivity index (χ1) is 11.5. The van der Waals surface area contributed by atoms with E-state index in [1.165, 1.54) is 6.07 Å². The van der Waals surface area contributed by atoms with Crippen LogP contribution in [-0.2, 0) is 9.53 Å². The Bertz CT molecular complexity index is 809. The van der Waals surface area contributed by atoms with Gasteiger partial charge in [0.15, 0.2) is 0 Å². The number of esters is 1. The third-order valence-electron chi connectivity index (χ3n) is 3.99. The van der Waals surface area contributed by atoms with Crippen LogP contribution in [0.2, 0.25) is 0 Å². The highest BCUT2D eigenvalue weighted by Crippen LogP contribution is 2.43. The standard InChI is InChI=1S/C19H19NO4/c1-3-23-19(22)17-16(12-6-4-11(2)5-7-12)14-9-8-13(21)10-15(14)24-18(17)20/h4-10,16,21H,3,20H2,1-2H3/t16-/m1/s1. The average molecular weight is 325 g/mol. The fourth-order valence-electron chi connectivity index (χ4n) is 2.85. The number of rotatable bonds is 3. The summed E-state index contributed by atoms with van der Waals surface area (Å²) >= 11 is 0. The first-order valence-corrected chi connectivity index (χ1v) is 7.75. The minimum atomic E-state index is -0.501. The Kier molecular flexibility index (Phi) is 4.16. The molecule has 3 N–H and O–H groups in total. The molecular weight excluding hydrogens is 306 g/mol. The van der Waals surface area contributed by atoms with Crippen LogP contribution >= 0.6 is 0 Å². The zero-order valence-electron chi connectivity index (χ0n) is 13.6. The minimum Gasteiger partial charge on any atom is -0.508 e. The molecule has 24 heavy (non-hydrogen) atoms. The number of aromatic hydroxyl groups is 1. The molecule has 1 aliphatic rings. The first-order valence-electron chi connectivity index (χ1n) is 7.75. The van der Waals surface area contributed by atoms with Gasteiger partial charge < -0.3 is 20.3 Å². The molecule has 0 amide bonds. The van der Waals surface area contributed by atoms with Gasteiger partial charge >= 0.3 is 5.97 Å². The second kappa shape index (κ2) is 6.28. The zero-order chi connectivity index (χ0) is 17.3. The van der Waals surface area contributed by atoms with Crippen molar-refractivity contribution in [2.45, 2.75) is 19.8 Å². The summed E-state index contributed by atoms with van der Waals surface area (Å²) in [5.74, 6) is -0.402. The summed E-state index contributed by atoms with van der Waals surface area (Å²) in [5, 5.41) is 9.70. The number of carbonyl (C=O) groups is 1. The second-order valence-corrected chi connectivity index (χ2v) is 5.67. The number of phenolic OH excluding ortho intramolecular Hbond substituents is 1. The molecular formula is C19H19NO4. The molecule has 0 saturated carbocycles. The van der Waals surface area contributed by atoms with Crippen molar-refractivity contribution in [2.24, 2.45) is 5.73 Å². The molecule has 0 fully saturated rings. The maximum Gasteiger partial charge on any atom is 0.340 e. The summed E-state index contributed by atoms with van der Waals surface area (Å²) in [4.78, 5) is 12.4. The van der Waals surface area contributed by atoms with E-state index < -0.39 is 11.9 Å². The van der Waals surface area contributed by atoms with Crippen molar-refractivity contribution in [2.75, 3.05) is 6.61 Å². The third-order valence-corrected chi connectivity index (χ3v) is 3.99. The van der Waals surface area contributed by atoms with Gasteiger partial charge in [-0.3, -0.25) is 0 Å². The normalized spacial score (nSPS) is 16.3. The number of carbonyl (C=O) groups excluding carboxylic acids is 1. The number of nitrogens with two attached hydrogens (primary N) is 1. The van der Waals surface area contributed by atoms with Gasteiger partial charge in [0, 0.05) is 11.6 Å². The summed E-state index contributed by atoms with van der Waals surface area (Å²) in [7, 11) is 0. The van der Waals surface area contributed by atoms with Gasteiger partial charge in [-0.1, -0.05) is 35.9 Å². The predicted octanol–water partition coefficient (Wildman–Crippen LogP) is 2.96. The lowest BCUT2D eigenvalue weighted by atomic mass is 9.82. The largest absolute Gasteiger partial charge is 0.508 e. The Labute approximate surface area is 140 Å². The highest BCUT2D eigenvalue weighted by atomic mass is 16.5. The van der Waals surface area contributed by atoms with Crippen molar-refractivity contribution in [1.82, 2.24) is 0 Å². The van der Waals surface area contributed by atoms with Crippen molar-refractivity contribution in [3.05, 3.63) is 70.6 Å². The molecule has 2 aromatic rings. The van der Waals surface area contributed by atoms with Gasteiger partial charge in [0.1, 0.15) is 17.1 Å². The van der Waals surface area contributed by atoms with Gasteiger partial charge in [0.25, 0.3) is 0 Å². The van der Waals surface area contributed by atoms with Crippen molar-refractivity contribution >= 4 is 5.97 Å². The predicted molar refractivity (Wildman–Crippen MR) is 89.6 cm³/mol. The first kappa shape index (κ1) is 15.9. The maximum absolute atomic E-state index is 12.4. The van der Waals surface area contributed by atoms with Crippen LogP contribution in [0.15, 0.2) is 53.9 Å². The average Bonchev–Trinajstić information content (AvgIpc) is 2.54. The lowest BCUT2D eigenvalue weighted by Gasteiger charge is -2.28. The minimum absolute atomic E-state index is 0.00266. The Morgan fingerprint density at radius 1 is 1.25 bits per heavy atom. The molecule has 5 nitrogen and oxygen atoms in total. The van der Waals surface area contributed by atoms with Crippen LogP contribution in [0.5, 0.6) is 11.5 Å². The Hall–Kier alpha value is -2.95. The maximum atomic E-state index is 12.4. The number of fused-ring (bicyclic) bond motifs is 1. The van der Waals surface area contributed by atoms with Crippen LogP contribution < -0.4 is 10.5 Å². The van der Waals surface area contributed by atoms with Gasteiger partial charge in [-0.25, -0.2) is 4.79 Å². The third kappa shape index (κ3) is 2.80. The molecule has 0 spiro atoms. The number of benzene rings is 2. The fraction of sp³-hybridized carbons (Fsp3) is 0.211. The summed E-state index contributed by atoms with van der Waals surface area (Å²) in [5.41, 5.74) is 9.06. The van der Waals surface area contributed by atoms with E-state index in [1.807, 2.05) is 31.2 Å². The molecule has 0 aromatic heterocycles. The number of phenols is 1. The van der Waals surface area contributed by atoms with Gasteiger partial charge in [-0.2, -0.15) is 0 Å². The quantitative estimate of drug-likeness (QED) is 0.848. The van der Waals surface area contributed by atoms with E-state index in [2.05, 4.69) is 0 Å².